The first-order valence-corrected chi connectivity index (χ1v) is 4.11. The molecule has 2 heterocycles. The van der Waals surface area contributed by atoms with Gasteiger partial charge in [0.25, 0.3) is 0 Å². The Morgan fingerprint density at radius 2 is 2.07 bits per heavy atom. The Hall–Kier alpha value is -2.04. The van der Waals surface area contributed by atoms with E-state index in [0.29, 0.717) is 5.52 Å². The molecular weight excluding hydrogens is 178 g/mol. The second-order valence-electron chi connectivity index (χ2n) is 2.96. The first-order chi connectivity index (χ1) is 6.66. The van der Waals surface area contributed by atoms with Gasteiger partial charge in [-0.25, -0.2) is 15.0 Å². The fraction of sp³-hybridized carbons (Fsp3) is 0.111. The van der Waals surface area contributed by atoms with Gasteiger partial charge < -0.3 is 5.73 Å². The number of fused-ring (bicyclic) bond motifs is 1. The molecule has 0 saturated carbocycles. The summed E-state index contributed by atoms with van der Waals surface area (Å²) < 4.78 is 0. The van der Waals surface area contributed by atoms with E-state index in [1.807, 2.05) is 19.1 Å². The first-order valence-electron chi connectivity index (χ1n) is 4.11. The maximum absolute atomic E-state index is 7.19. The molecule has 0 atom stereocenters. The van der Waals surface area contributed by atoms with Gasteiger partial charge in [0, 0.05) is 5.69 Å². The third-order valence-electron chi connectivity index (χ3n) is 1.82. The van der Waals surface area contributed by atoms with Crippen LogP contribution in [0.25, 0.3) is 11.0 Å². The molecule has 0 radical (unpaired) electrons. The van der Waals surface area contributed by atoms with Gasteiger partial charge in [0.1, 0.15) is 5.52 Å². The minimum Gasteiger partial charge on any atom is -0.381 e. The molecule has 0 aliphatic rings. The van der Waals surface area contributed by atoms with Gasteiger partial charge in [-0.2, -0.15) is 0 Å². The van der Waals surface area contributed by atoms with Crippen LogP contribution in [0.5, 0.6) is 0 Å². The molecule has 0 aliphatic heterocycles. The lowest BCUT2D eigenvalue weighted by Crippen LogP contribution is -2.15. The molecule has 0 aromatic carbocycles. The van der Waals surface area contributed by atoms with Crippen molar-refractivity contribution in [1.29, 1.82) is 5.41 Å². The van der Waals surface area contributed by atoms with Crippen LogP contribution in [0.4, 0.5) is 0 Å². The van der Waals surface area contributed by atoms with Crippen LogP contribution in [-0.4, -0.2) is 20.8 Å². The fourth-order valence-electron chi connectivity index (χ4n) is 1.15. The maximum Gasteiger partial charge on any atom is 0.195 e. The van der Waals surface area contributed by atoms with Gasteiger partial charge in [0.05, 0.1) is 11.7 Å². The monoisotopic (exact) mass is 187 g/mol. The van der Waals surface area contributed by atoms with Gasteiger partial charge in [-0.1, -0.05) is 0 Å². The van der Waals surface area contributed by atoms with Crippen LogP contribution in [0.1, 0.15) is 11.5 Å². The van der Waals surface area contributed by atoms with E-state index in [-0.39, 0.29) is 11.7 Å². The summed E-state index contributed by atoms with van der Waals surface area (Å²) >= 11 is 0. The molecule has 0 spiro atoms. The Kier molecular flexibility index (Phi) is 1.85. The number of nitrogens with two attached hydrogens (primary N) is 1. The number of nitrogen functional groups attached to an aromatic ring is 1. The standard InChI is InChI=1S/C9H9N5/c1-5-2-3-6-7(13-5)4-12-9(14-6)8(10)11/h2-4H,1H3,(H3,10,11). The van der Waals surface area contributed by atoms with Crippen LogP contribution < -0.4 is 5.73 Å². The third kappa shape index (κ3) is 1.39. The molecule has 70 valence electrons. The first kappa shape index (κ1) is 8.55. The third-order valence-corrected chi connectivity index (χ3v) is 1.82. The van der Waals surface area contributed by atoms with E-state index in [2.05, 4.69) is 15.0 Å². The van der Waals surface area contributed by atoms with Crippen LogP contribution in [0, 0.1) is 12.3 Å². The Morgan fingerprint density at radius 1 is 1.29 bits per heavy atom. The molecule has 5 nitrogen and oxygen atoms in total. The summed E-state index contributed by atoms with van der Waals surface area (Å²) in [5, 5.41) is 7.19. The molecule has 0 bridgehead atoms. The lowest BCUT2D eigenvalue weighted by Gasteiger charge is -1.99. The second kappa shape index (κ2) is 3.02. The Balaban J connectivity index is 2.67. The van der Waals surface area contributed by atoms with E-state index in [1.54, 1.807) is 6.20 Å². The summed E-state index contributed by atoms with van der Waals surface area (Å²) in [5.41, 5.74) is 7.61. The highest BCUT2D eigenvalue weighted by Gasteiger charge is 2.02. The van der Waals surface area contributed by atoms with Gasteiger partial charge in [0.15, 0.2) is 11.7 Å². The van der Waals surface area contributed by atoms with Crippen molar-refractivity contribution >= 4 is 16.9 Å². The normalized spacial score (nSPS) is 10.4. The van der Waals surface area contributed by atoms with Gasteiger partial charge in [0.2, 0.25) is 0 Å². The van der Waals surface area contributed by atoms with Crippen molar-refractivity contribution in [3.05, 3.63) is 29.8 Å². The number of rotatable bonds is 1. The molecular formula is C9H9N5. The predicted octanol–water partition coefficient (Wildman–Crippen LogP) is 0.617. The van der Waals surface area contributed by atoms with Crippen LogP contribution >= 0.6 is 0 Å². The van der Waals surface area contributed by atoms with Gasteiger partial charge in [-0.15, -0.1) is 0 Å². The second-order valence-corrected chi connectivity index (χ2v) is 2.96. The quantitative estimate of drug-likeness (QED) is 0.506. The van der Waals surface area contributed by atoms with Crippen molar-refractivity contribution in [2.75, 3.05) is 0 Å². The van der Waals surface area contributed by atoms with Crippen LogP contribution in [0.15, 0.2) is 18.3 Å². The summed E-state index contributed by atoms with van der Waals surface area (Å²) in [7, 11) is 0. The van der Waals surface area contributed by atoms with E-state index in [0.717, 1.165) is 11.2 Å². The smallest absolute Gasteiger partial charge is 0.195 e. The summed E-state index contributed by atoms with van der Waals surface area (Å²) in [6.07, 6.45) is 1.58. The molecule has 0 aliphatic carbocycles. The minimum atomic E-state index is -0.132. The molecule has 14 heavy (non-hydrogen) atoms. The number of nitrogens with one attached hydrogen (secondary N) is 1. The maximum atomic E-state index is 7.19. The predicted molar refractivity (Wildman–Crippen MR) is 53.1 cm³/mol. The van der Waals surface area contributed by atoms with E-state index in [1.165, 1.54) is 0 Å². The van der Waals surface area contributed by atoms with E-state index in [9.17, 15) is 0 Å². The molecule has 2 rings (SSSR count). The van der Waals surface area contributed by atoms with Crippen molar-refractivity contribution in [2.45, 2.75) is 6.92 Å². The molecule has 5 heteroatoms. The van der Waals surface area contributed by atoms with Gasteiger partial charge in [-0.3, -0.25) is 5.41 Å². The van der Waals surface area contributed by atoms with E-state index >= 15 is 0 Å². The lowest BCUT2D eigenvalue weighted by molar-refractivity contribution is 1.13. The highest BCUT2D eigenvalue weighted by molar-refractivity contribution is 5.92. The van der Waals surface area contributed by atoms with Crippen LogP contribution in [0.2, 0.25) is 0 Å². The van der Waals surface area contributed by atoms with E-state index < -0.39 is 0 Å². The van der Waals surface area contributed by atoms with Crippen molar-refractivity contribution < 1.29 is 0 Å². The lowest BCUT2D eigenvalue weighted by atomic mass is 10.3. The highest BCUT2D eigenvalue weighted by atomic mass is 14.9. The SMILES string of the molecule is Cc1ccc2nc(C(=N)N)ncc2n1. The molecule has 2 aromatic heterocycles. The average Bonchev–Trinajstić information content (AvgIpc) is 2.16. The van der Waals surface area contributed by atoms with Crippen molar-refractivity contribution in [2.24, 2.45) is 5.73 Å². The molecule has 0 amide bonds. The topological polar surface area (TPSA) is 88.5 Å². The highest BCUT2D eigenvalue weighted by Crippen LogP contribution is 2.08. The summed E-state index contributed by atoms with van der Waals surface area (Å²) in [4.78, 5) is 12.3. The van der Waals surface area contributed by atoms with Crippen LogP contribution in [-0.2, 0) is 0 Å². The number of aromatic nitrogens is 3. The van der Waals surface area contributed by atoms with Crippen LogP contribution in [0.3, 0.4) is 0 Å². The average molecular weight is 187 g/mol. The van der Waals surface area contributed by atoms with Gasteiger partial charge in [-0.05, 0) is 19.1 Å². The number of pyridine rings is 1. The molecule has 2 aromatic rings. The minimum absolute atomic E-state index is 0.132. The molecule has 0 unspecified atom stereocenters. The van der Waals surface area contributed by atoms with Gasteiger partial charge >= 0.3 is 0 Å². The Labute approximate surface area is 80.5 Å². The molecule has 0 saturated heterocycles. The zero-order valence-corrected chi connectivity index (χ0v) is 7.65. The number of amidine groups is 1. The Morgan fingerprint density at radius 3 is 2.79 bits per heavy atom. The number of hydrogen-bond acceptors (Lipinski definition) is 4. The van der Waals surface area contributed by atoms with Crippen molar-refractivity contribution in [1.82, 2.24) is 15.0 Å². The molecule has 0 fully saturated rings. The zero-order chi connectivity index (χ0) is 10.1. The number of hydrogen-bond donors (Lipinski definition) is 2. The van der Waals surface area contributed by atoms with Crippen molar-refractivity contribution in [3.63, 3.8) is 0 Å². The van der Waals surface area contributed by atoms with E-state index in [4.69, 9.17) is 11.1 Å². The number of aryl methyl sites for hydroxylation is 1. The summed E-state index contributed by atoms with van der Waals surface area (Å²) in [6, 6.07) is 3.70. The number of nitrogens with zero attached hydrogens (tertiary/aromatic N) is 3. The summed E-state index contributed by atoms with van der Waals surface area (Å²) in [5.74, 6) is 0.107. The fourth-order valence-corrected chi connectivity index (χ4v) is 1.15. The van der Waals surface area contributed by atoms with Crippen molar-refractivity contribution in [3.8, 4) is 0 Å². The molecule has 3 N–H and O–H groups in total. The zero-order valence-electron chi connectivity index (χ0n) is 7.65. The summed E-state index contributed by atoms with van der Waals surface area (Å²) in [6.45, 7) is 1.90. The Bertz CT molecular complexity index is 506. The largest absolute Gasteiger partial charge is 0.381 e.